The van der Waals surface area contributed by atoms with E-state index >= 15 is 0 Å². The van der Waals surface area contributed by atoms with Gasteiger partial charge in [-0.2, -0.15) is 0 Å². The molecule has 27 heavy (non-hydrogen) atoms. The Morgan fingerprint density at radius 1 is 1.19 bits per heavy atom. The fourth-order valence-electron chi connectivity index (χ4n) is 2.99. The van der Waals surface area contributed by atoms with Crippen LogP contribution in [0.1, 0.15) is 23.2 Å². The number of Topliss-reactive ketones (excluding diaryl/α,β-unsaturated/α-hetero) is 1. The van der Waals surface area contributed by atoms with Crippen LogP contribution in [0.15, 0.2) is 59.3 Å². The van der Waals surface area contributed by atoms with Gasteiger partial charge < -0.3 is 14.1 Å². The van der Waals surface area contributed by atoms with E-state index in [4.69, 9.17) is 9.15 Å². The van der Waals surface area contributed by atoms with Crippen molar-refractivity contribution >= 4 is 17.4 Å². The Labute approximate surface area is 155 Å². The summed E-state index contributed by atoms with van der Waals surface area (Å²) in [4.78, 5) is 26.1. The molecule has 1 fully saturated rings. The molecular formula is C20H17N3O4. The van der Waals surface area contributed by atoms with Crippen LogP contribution in [0.3, 0.4) is 0 Å². The molecular weight excluding hydrogens is 346 g/mol. The SMILES string of the molecule is O=C(COc1ccc(-c2nnco2)cc1)c1cccc(N2CCCC2=O)c1. The Bertz CT molecular complexity index is 952. The van der Waals surface area contributed by atoms with Crippen LogP contribution >= 0.6 is 0 Å². The maximum absolute atomic E-state index is 12.5. The van der Waals surface area contributed by atoms with E-state index in [0.717, 1.165) is 17.7 Å². The van der Waals surface area contributed by atoms with E-state index in [9.17, 15) is 9.59 Å². The lowest BCUT2D eigenvalue weighted by Crippen LogP contribution is -2.24. The first-order chi connectivity index (χ1) is 13.2. The highest BCUT2D eigenvalue weighted by Crippen LogP contribution is 2.23. The van der Waals surface area contributed by atoms with Crippen LogP contribution in [0.2, 0.25) is 0 Å². The lowest BCUT2D eigenvalue weighted by Gasteiger charge is -2.16. The van der Waals surface area contributed by atoms with E-state index in [1.165, 1.54) is 6.39 Å². The second-order valence-electron chi connectivity index (χ2n) is 6.18. The number of ketones is 1. The molecule has 1 saturated heterocycles. The fourth-order valence-corrected chi connectivity index (χ4v) is 2.99. The molecule has 0 spiro atoms. The zero-order chi connectivity index (χ0) is 18.6. The standard InChI is InChI=1S/C20H17N3O4/c24-18(15-3-1-4-16(11-15)23-10-2-5-19(23)25)12-26-17-8-6-14(7-9-17)20-22-21-13-27-20/h1,3-4,6-9,11,13H,2,5,10,12H2. The van der Waals surface area contributed by atoms with Crippen LogP contribution in [0.25, 0.3) is 11.5 Å². The molecule has 1 amide bonds. The van der Waals surface area contributed by atoms with Gasteiger partial charge >= 0.3 is 0 Å². The Morgan fingerprint density at radius 2 is 2.04 bits per heavy atom. The molecule has 7 nitrogen and oxygen atoms in total. The van der Waals surface area contributed by atoms with Gasteiger partial charge in [-0.25, -0.2) is 0 Å². The van der Waals surface area contributed by atoms with Gasteiger partial charge in [0.1, 0.15) is 5.75 Å². The molecule has 2 aromatic carbocycles. The summed E-state index contributed by atoms with van der Waals surface area (Å²) >= 11 is 0. The van der Waals surface area contributed by atoms with Crippen molar-refractivity contribution in [2.45, 2.75) is 12.8 Å². The number of ether oxygens (including phenoxy) is 1. The van der Waals surface area contributed by atoms with Crippen molar-refractivity contribution in [3.63, 3.8) is 0 Å². The predicted octanol–water partition coefficient (Wildman–Crippen LogP) is 3.13. The molecule has 0 bridgehead atoms. The Hall–Kier alpha value is -3.48. The van der Waals surface area contributed by atoms with Crippen molar-refractivity contribution in [2.24, 2.45) is 0 Å². The molecule has 3 aromatic rings. The first-order valence-electron chi connectivity index (χ1n) is 8.64. The smallest absolute Gasteiger partial charge is 0.247 e. The monoisotopic (exact) mass is 363 g/mol. The van der Waals surface area contributed by atoms with Gasteiger partial charge in [0, 0.05) is 29.8 Å². The van der Waals surface area contributed by atoms with E-state index in [1.54, 1.807) is 47.4 Å². The number of hydrogen-bond acceptors (Lipinski definition) is 6. The van der Waals surface area contributed by atoms with E-state index in [0.29, 0.717) is 30.2 Å². The number of benzene rings is 2. The normalized spacial score (nSPS) is 13.8. The summed E-state index contributed by atoms with van der Waals surface area (Å²) in [6.45, 7) is 0.608. The first kappa shape index (κ1) is 17.0. The molecule has 1 aliphatic rings. The molecule has 0 atom stereocenters. The maximum atomic E-state index is 12.5. The lowest BCUT2D eigenvalue weighted by atomic mass is 10.1. The highest BCUT2D eigenvalue weighted by molar-refractivity contribution is 6.00. The quantitative estimate of drug-likeness (QED) is 0.626. The lowest BCUT2D eigenvalue weighted by molar-refractivity contribution is -0.117. The number of anilines is 1. The molecule has 0 radical (unpaired) electrons. The third-order valence-corrected chi connectivity index (χ3v) is 4.38. The summed E-state index contributed by atoms with van der Waals surface area (Å²) in [6, 6.07) is 14.2. The molecule has 1 aromatic heterocycles. The van der Waals surface area contributed by atoms with Gasteiger partial charge in [-0.1, -0.05) is 12.1 Å². The second kappa shape index (κ2) is 7.41. The fraction of sp³-hybridized carbons (Fsp3) is 0.200. The molecule has 0 N–H and O–H groups in total. The number of rotatable bonds is 6. The van der Waals surface area contributed by atoms with Gasteiger partial charge in [0.2, 0.25) is 18.2 Å². The number of nitrogens with zero attached hydrogens (tertiary/aromatic N) is 3. The Balaban J connectivity index is 1.40. The number of hydrogen-bond donors (Lipinski definition) is 0. The third kappa shape index (κ3) is 3.72. The largest absolute Gasteiger partial charge is 0.485 e. The number of carbonyl (C=O) groups excluding carboxylic acids is 2. The predicted molar refractivity (Wildman–Crippen MR) is 97.6 cm³/mol. The van der Waals surface area contributed by atoms with Gasteiger partial charge in [-0.15, -0.1) is 10.2 Å². The highest BCUT2D eigenvalue weighted by atomic mass is 16.5. The van der Waals surface area contributed by atoms with Gasteiger partial charge in [0.15, 0.2) is 12.4 Å². The minimum Gasteiger partial charge on any atom is -0.485 e. The average Bonchev–Trinajstić information content (AvgIpc) is 3.38. The van der Waals surface area contributed by atoms with Gasteiger partial charge in [0.05, 0.1) is 0 Å². The zero-order valence-electron chi connectivity index (χ0n) is 14.5. The van der Waals surface area contributed by atoms with Crippen LogP contribution in [-0.2, 0) is 4.79 Å². The zero-order valence-corrected chi connectivity index (χ0v) is 14.5. The molecule has 4 rings (SSSR count). The van der Waals surface area contributed by atoms with Crippen molar-refractivity contribution in [3.8, 4) is 17.2 Å². The molecule has 1 aliphatic heterocycles. The van der Waals surface area contributed by atoms with Crippen LogP contribution in [0.4, 0.5) is 5.69 Å². The van der Waals surface area contributed by atoms with Crippen LogP contribution < -0.4 is 9.64 Å². The summed E-state index contributed by atoms with van der Waals surface area (Å²) in [5, 5.41) is 7.47. The average molecular weight is 363 g/mol. The molecule has 7 heteroatoms. The van der Waals surface area contributed by atoms with Gasteiger partial charge in [-0.3, -0.25) is 9.59 Å². The molecule has 0 unspecified atom stereocenters. The topological polar surface area (TPSA) is 85.5 Å². The first-order valence-corrected chi connectivity index (χ1v) is 8.64. The summed E-state index contributed by atoms with van der Waals surface area (Å²) in [5.74, 6) is 0.935. The molecule has 0 saturated carbocycles. The van der Waals surface area contributed by atoms with Gasteiger partial charge in [0.25, 0.3) is 0 Å². The van der Waals surface area contributed by atoms with Gasteiger partial charge in [-0.05, 0) is 42.8 Å². The van der Waals surface area contributed by atoms with Crippen molar-refractivity contribution < 1.29 is 18.7 Å². The molecule has 0 aliphatic carbocycles. The van der Waals surface area contributed by atoms with Crippen LogP contribution in [0.5, 0.6) is 5.75 Å². The van der Waals surface area contributed by atoms with E-state index in [1.807, 2.05) is 6.07 Å². The molecule has 2 heterocycles. The molecule has 136 valence electrons. The number of carbonyl (C=O) groups is 2. The second-order valence-corrected chi connectivity index (χ2v) is 6.18. The summed E-state index contributed by atoms with van der Waals surface area (Å²) in [6.07, 6.45) is 2.67. The van der Waals surface area contributed by atoms with Crippen LogP contribution in [0, 0.1) is 0 Å². The van der Waals surface area contributed by atoms with E-state index in [2.05, 4.69) is 10.2 Å². The minimum atomic E-state index is -0.149. The number of aromatic nitrogens is 2. The van der Waals surface area contributed by atoms with Crippen LogP contribution in [-0.4, -0.2) is 35.0 Å². The summed E-state index contributed by atoms with van der Waals surface area (Å²) in [7, 11) is 0. The minimum absolute atomic E-state index is 0.0860. The third-order valence-electron chi connectivity index (χ3n) is 4.38. The van der Waals surface area contributed by atoms with E-state index in [-0.39, 0.29) is 18.3 Å². The Kier molecular flexibility index (Phi) is 4.65. The van der Waals surface area contributed by atoms with E-state index < -0.39 is 0 Å². The van der Waals surface area contributed by atoms with Crippen molar-refractivity contribution in [1.29, 1.82) is 0 Å². The maximum Gasteiger partial charge on any atom is 0.247 e. The summed E-state index contributed by atoms with van der Waals surface area (Å²) in [5.41, 5.74) is 2.05. The van der Waals surface area contributed by atoms with Crippen molar-refractivity contribution in [2.75, 3.05) is 18.1 Å². The highest BCUT2D eigenvalue weighted by Gasteiger charge is 2.22. The summed E-state index contributed by atoms with van der Waals surface area (Å²) < 4.78 is 10.7. The number of amides is 1. The Morgan fingerprint density at radius 3 is 2.74 bits per heavy atom. The van der Waals surface area contributed by atoms with Crippen molar-refractivity contribution in [3.05, 3.63) is 60.5 Å². The van der Waals surface area contributed by atoms with Crippen molar-refractivity contribution in [1.82, 2.24) is 10.2 Å².